The molecule has 0 aliphatic heterocycles. The van der Waals surface area contributed by atoms with Gasteiger partial charge in [0.25, 0.3) is 0 Å². The zero-order valence-electron chi connectivity index (χ0n) is 51.3. The number of aliphatic hydroxyl groups excluding tert-OH is 1. The van der Waals surface area contributed by atoms with E-state index in [1.807, 2.05) is 0 Å². The minimum Gasteiger partial charge on any atom is -0.462 e. The summed E-state index contributed by atoms with van der Waals surface area (Å²) in [7, 11) is 0. The molecule has 0 aromatic heterocycles. The molecule has 80 heavy (non-hydrogen) atoms. The Hall–Kier alpha value is -5.00. The van der Waals surface area contributed by atoms with Crippen LogP contribution >= 0.6 is 0 Å². The van der Waals surface area contributed by atoms with Crippen LogP contribution in [0, 0.1) is 0 Å². The molecule has 0 amide bonds. The Bertz CT molecular complexity index is 1820. The molecule has 0 rings (SSSR count). The normalized spacial score (nSPS) is 13.5. The highest BCUT2D eigenvalue weighted by atomic mass is 16.6. The zero-order valence-corrected chi connectivity index (χ0v) is 51.3. The highest BCUT2D eigenvalue weighted by Crippen LogP contribution is 2.15. The minimum absolute atomic E-state index is 0.0842. The van der Waals surface area contributed by atoms with Gasteiger partial charge in [0.15, 0.2) is 6.10 Å². The van der Waals surface area contributed by atoms with Crippen molar-refractivity contribution < 1.29 is 24.2 Å². The molecule has 0 fully saturated rings. The van der Waals surface area contributed by atoms with E-state index in [4.69, 9.17) is 9.47 Å². The van der Waals surface area contributed by atoms with E-state index in [9.17, 15) is 14.7 Å². The standard InChI is InChI=1S/C75H118O5/c1-3-5-7-9-11-13-15-17-19-21-23-25-27-29-30-31-32-33-34-35-36-37-38-39-40-41-42-43-44-46-48-50-52-54-56-58-60-62-64-66-68-70-75(78)80-73(71-76)72-79-74(77)69-67-65-63-61-59-57-55-53-51-49-47-45-28-26-24-22-20-18-16-14-12-10-8-6-4-2/h5-8,11-14,17-20,23-26,29-30,32-33,35-36,38-39,41-42,45,47,51,53,73,76H,3-4,9-10,15-16,21-22,27-28,31,34,37,40,43-44,46,48-50,52,54-72H2,1-2H3/b7-5-,8-6-,13-11-,14-12-,19-17-,20-18-,25-23-,26-24-,30-29-,33-32-,36-35-,39-38-,42-41-,47-45-,53-51-. The second kappa shape index (κ2) is 68.3. The van der Waals surface area contributed by atoms with Crippen LogP contribution in [0.4, 0.5) is 0 Å². The Morgan fingerprint density at radius 2 is 0.500 bits per heavy atom. The molecule has 0 spiro atoms. The number of ether oxygens (including phenoxy) is 2. The summed E-state index contributed by atoms with van der Waals surface area (Å²) in [6.07, 6.45) is 107. The van der Waals surface area contributed by atoms with Crippen molar-refractivity contribution in [2.24, 2.45) is 0 Å². The number of aliphatic hydroxyl groups is 1. The number of hydrogen-bond acceptors (Lipinski definition) is 5. The molecule has 0 aliphatic carbocycles. The van der Waals surface area contributed by atoms with Gasteiger partial charge in [-0.05, 0) is 135 Å². The van der Waals surface area contributed by atoms with Crippen LogP contribution in [-0.2, 0) is 19.1 Å². The number of allylic oxidation sites excluding steroid dienone is 30. The molecule has 0 saturated heterocycles. The number of rotatable bonds is 57. The average Bonchev–Trinajstić information content (AvgIpc) is 3.46. The van der Waals surface area contributed by atoms with E-state index in [1.54, 1.807) is 0 Å². The van der Waals surface area contributed by atoms with Crippen molar-refractivity contribution in [3.8, 4) is 0 Å². The van der Waals surface area contributed by atoms with Crippen molar-refractivity contribution in [1.29, 1.82) is 0 Å². The summed E-state index contributed by atoms with van der Waals surface area (Å²) in [6.45, 7) is 3.90. The molecule has 0 aromatic carbocycles. The summed E-state index contributed by atoms with van der Waals surface area (Å²) in [5.74, 6) is -0.617. The number of hydrogen-bond donors (Lipinski definition) is 1. The maximum absolute atomic E-state index is 12.3. The van der Waals surface area contributed by atoms with Crippen molar-refractivity contribution in [3.63, 3.8) is 0 Å². The Morgan fingerprint density at radius 1 is 0.287 bits per heavy atom. The molecule has 0 bridgehead atoms. The molecule has 448 valence electrons. The van der Waals surface area contributed by atoms with E-state index >= 15 is 0 Å². The van der Waals surface area contributed by atoms with E-state index in [0.717, 1.165) is 141 Å². The molecule has 5 nitrogen and oxygen atoms in total. The van der Waals surface area contributed by atoms with Gasteiger partial charge in [0, 0.05) is 12.8 Å². The van der Waals surface area contributed by atoms with Gasteiger partial charge in [0.2, 0.25) is 0 Å². The van der Waals surface area contributed by atoms with Crippen LogP contribution in [0.2, 0.25) is 0 Å². The van der Waals surface area contributed by atoms with Crippen molar-refractivity contribution >= 4 is 11.9 Å². The Balaban J connectivity index is 3.58. The largest absolute Gasteiger partial charge is 0.462 e. The van der Waals surface area contributed by atoms with Gasteiger partial charge < -0.3 is 14.6 Å². The van der Waals surface area contributed by atoms with Crippen molar-refractivity contribution in [3.05, 3.63) is 182 Å². The van der Waals surface area contributed by atoms with Gasteiger partial charge in [-0.25, -0.2) is 0 Å². The molecule has 0 heterocycles. The molecule has 0 aliphatic rings. The highest BCUT2D eigenvalue weighted by molar-refractivity contribution is 5.70. The van der Waals surface area contributed by atoms with Crippen LogP contribution in [0.25, 0.3) is 0 Å². The Labute approximate surface area is 493 Å². The SMILES string of the molecule is CC/C=C\C/C=C\C/C=C\C/C=C\C/C=C\C/C=C\C/C=C\C/C=C\C/C=C\CCCCCCCCCCCCCCCC(=O)OC(CO)COC(=O)CCCCCCCC/C=C\C/C=C\C/C=C\C/C=C\C/C=C\C/C=C\CC. The lowest BCUT2D eigenvalue weighted by Crippen LogP contribution is -2.28. The fraction of sp³-hybridized carbons (Fsp3) is 0.573. The van der Waals surface area contributed by atoms with Gasteiger partial charge >= 0.3 is 11.9 Å². The maximum Gasteiger partial charge on any atom is 0.306 e. The van der Waals surface area contributed by atoms with Gasteiger partial charge in [0.1, 0.15) is 6.61 Å². The second-order valence-corrected chi connectivity index (χ2v) is 20.7. The molecule has 0 saturated carbocycles. The van der Waals surface area contributed by atoms with Crippen LogP contribution in [-0.4, -0.2) is 36.4 Å². The average molecular weight is 1100 g/mol. The van der Waals surface area contributed by atoms with Crippen LogP contribution in [0.15, 0.2) is 182 Å². The Morgan fingerprint density at radius 3 is 0.750 bits per heavy atom. The van der Waals surface area contributed by atoms with Crippen molar-refractivity contribution in [2.75, 3.05) is 13.2 Å². The molecule has 0 aromatic rings. The lowest BCUT2D eigenvalue weighted by atomic mass is 10.0. The van der Waals surface area contributed by atoms with E-state index in [1.165, 1.54) is 89.9 Å². The molecule has 0 radical (unpaired) electrons. The quantitative estimate of drug-likeness (QED) is 0.0373. The molecular formula is C75H118O5. The van der Waals surface area contributed by atoms with Crippen LogP contribution < -0.4 is 0 Å². The van der Waals surface area contributed by atoms with Gasteiger partial charge in [-0.1, -0.05) is 292 Å². The van der Waals surface area contributed by atoms with Gasteiger partial charge in [0.05, 0.1) is 6.61 Å². The first-order valence-electron chi connectivity index (χ1n) is 32.3. The lowest BCUT2D eigenvalue weighted by molar-refractivity contribution is -0.161. The summed E-state index contributed by atoms with van der Waals surface area (Å²) in [5.41, 5.74) is 0. The third-order valence-corrected chi connectivity index (χ3v) is 13.2. The molecule has 1 N–H and O–H groups in total. The number of carbonyl (C=O) groups is 2. The van der Waals surface area contributed by atoms with Crippen LogP contribution in [0.3, 0.4) is 0 Å². The van der Waals surface area contributed by atoms with Gasteiger partial charge in [-0.3, -0.25) is 9.59 Å². The van der Waals surface area contributed by atoms with E-state index < -0.39 is 6.10 Å². The monoisotopic (exact) mass is 1100 g/mol. The molecule has 1 unspecified atom stereocenters. The predicted molar refractivity (Wildman–Crippen MR) is 352 cm³/mol. The molecule has 1 atom stereocenters. The minimum atomic E-state index is -0.793. The molecular weight excluding hydrogens is 981 g/mol. The van der Waals surface area contributed by atoms with Gasteiger partial charge in [-0.2, -0.15) is 0 Å². The van der Waals surface area contributed by atoms with Gasteiger partial charge in [-0.15, -0.1) is 0 Å². The summed E-state index contributed by atoms with van der Waals surface area (Å²) < 4.78 is 10.7. The fourth-order valence-corrected chi connectivity index (χ4v) is 8.43. The highest BCUT2D eigenvalue weighted by Gasteiger charge is 2.16. The van der Waals surface area contributed by atoms with Crippen LogP contribution in [0.1, 0.15) is 258 Å². The first-order chi connectivity index (χ1) is 39.6. The van der Waals surface area contributed by atoms with E-state index in [0.29, 0.717) is 12.8 Å². The number of unbranched alkanes of at least 4 members (excludes halogenated alkanes) is 19. The first-order valence-corrected chi connectivity index (χ1v) is 32.3. The van der Waals surface area contributed by atoms with E-state index in [2.05, 4.69) is 196 Å². The van der Waals surface area contributed by atoms with Crippen LogP contribution in [0.5, 0.6) is 0 Å². The third-order valence-electron chi connectivity index (χ3n) is 13.2. The zero-order chi connectivity index (χ0) is 57.6. The summed E-state index contributed by atoms with van der Waals surface area (Å²) in [5, 5.41) is 9.68. The van der Waals surface area contributed by atoms with Crippen molar-refractivity contribution in [2.45, 2.75) is 264 Å². The number of carbonyl (C=O) groups excluding carboxylic acids is 2. The second-order valence-electron chi connectivity index (χ2n) is 20.7. The predicted octanol–water partition coefficient (Wildman–Crippen LogP) is 22.6. The summed E-state index contributed by atoms with van der Waals surface area (Å²) >= 11 is 0. The van der Waals surface area contributed by atoms with E-state index in [-0.39, 0.29) is 25.2 Å². The summed E-state index contributed by atoms with van der Waals surface area (Å²) in [6, 6.07) is 0. The Kier molecular flexibility index (Phi) is 64.0. The fourth-order valence-electron chi connectivity index (χ4n) is 8.43. The summed E-state index contributed by atoms with van der Waals surface area (Å²) in [4.78, 5) is 24.6. The number of esters is 2. The van der Waals surface area contributed by atoms with Crippen molar-refractivity contribution in [1.82, 2.24) is 0 Å². The lowest BCUT2D eigenvalue weighted by Gasteiger charge is -2.15. The third kappa shape index (κ3) is 65.5. The molecule has 5 heteroatoms. The first kappa shape index (κ1) is 75.0. The topological polar surface area (TPSA) is 72.8 Å². The smallest absolute Gasteiger partial charge is 0.306 e. The maximum atomic E-state index is 12.3.